The molecule has 0 bridgehead atoms. The second-order valence-corrected chi connectivity index (χ2v) is 8.67. The van der Waals surface area contributed by atoms with E-state index in [0.717, 1.165) is 12.3 Å². The summed E-state index contributed by atoms with van der Waals surface area (Å²) in [5, 5.41) is 0. The Kier molecular flexibility index (Phi) is 6.69. The lowest BCUT2D eigenvalue weighted by Crippen LogP contribution is -2.43. The van der Waals surface area contributed by atoms with Gasteiger partial charge in [0.2, 0.25) is 0 Å². The van der Waals surface area contributed by atoms with E-state index in [-0.39, 0.29) is 5.41 Å². The zero-order valence-corrected chi connectivity index (χ0v) is 16.7. The topological polar surface area (TPSA) is 3.24 Å². The third kappa shape index (κ3) is 5.21. The Hall–Kier alpha value is -1.08. The van der Waals surface area contributed by atoms with Crippen molar-refractivity contribution in [2.45, 2.75) is 78.7 Å². The van der Waals surface area contributed by atoms with Crippen molar-refractivity contribution in [3.8, 4) is 0 Å². The van der Waals surface area contributed by atoms with E-state index in [9.17, 15) is 0 Å². The van der Waals surface area contributed by atoms with Crippen molar-refractivity contribution in [3.63, 3.8) is 0 Å². The predicted octanol–water partition coefficient (Wildman–Crippen LogP) is 5.98. The number of hydrogen-bond acceptors (Lipinski definition) is 1. The van der Waals surface area contributed by atoms with Crippen molar-refractivity contribution in [2.24, 2.45) is 5.92 Å². The van der Waals surface area contributed by atoms with Crippen molar-refractivity contribution >= 4 is 0 Å². The maximum Gasteiger partial charge on any atom is 0.0288 e. The molecular weight excluding hydrogens is 290 g/mol. The summed E-state index contributed by atoms with van der Waals surface area (Å²) in [4.78, 5) is 2.72. The first kappa shape index (κ1) is 19.2. The van der Waals surface area contributed by atoms with Gasteiger partial charge < -0.3 is 0 Å². The normalized spacial score (nSPS) is 18.4. The maximum atomic E-state index is 2.72. The van der Waals surface area contributed by atoms with Crippen LogP contribution < -0.4 is 0 Å². The molecule has 1 atom stereocenters. The molecule has 0 saturated carbocycles. The first-order chi connectivity index (χ1) is 11.3. The van der Waals surface area contributed by atoms with E-state index >= 15 is 0 Å². The molecule has 0 spiro atoms. The highest BCUT2D eigenvalue weighted by Gasteiger charge is 2.29. The average Bonchev–Trinajstić information content (AvgIpc) is 2.54. The lowest BCUT2D eigenvalue weighted by Gasteiger charge is -2.39. The summed E-state index contributed by atoms with van der Waals surface area (Å²) >= 11 is 0. The average molecular weight is 328 g/mol. The summed E-state index contributed by atoms with van der Waals surface area (Å²) in [5.41, 5.74) is 4.54. The lowest BCUT2D eigenvalue weighted by molar-refractivity contribution is 0.141. The molecular formula is C23H37N. The molecule has 1 saturated heterocycles. The van der Waals surface area contributed by atoms with Crippen LogP contribution in [0.5, 0.6) is 0 Å². The fraction of sp³-hybridized carbons (Fsp3) is 0.652. The fourth-order valence-electron chi connectivity index (χ4n) is 3.87. The molecule has 2 rings (SSSR count). The van der Waals surface area contributed by atoms with Crippen LogP contribution in [-0.2, 0) is 11.8 Å². The van der Waals surface area contributed by atoms with Gasteiger partial charge in [-0.15, -0.1) is 0 Å². The van der Waals surface area contributed by atoms with Gasteiger partial charge in [0, 0.05) is 6.04 Å². The molecule has 0 amide bonds. The minimum atomic E-state index is 0.200. The van der Waals surface area contributed by atoms with Gasteiger partial charge in [-0.2, -0.15) is 0 Å². The third-order valence-corrected chi connectivity index (χ3v) is 5.68. The Bertz CT molecular complexity index is 526. The minimum Gasteiger partial charge on any atom is -0.297 e. The van der Waals surface area contributed by atoms with E-state index in [4.69, 9.17) is 0 Å². The van der Waals surface area contributed by atoms with Crippen LogP contribution in [0.25, 0.3) is 0 Å². The fourth-order valence-corrected chi connectivity index (χ4v) is 3.87. The highest BCUT2D eigenvalue weighted by molar-refractivity contribution is 5.29. The Morgan fingerprint density at radius 3 is 2.25 bits per heavy atom. The highest BCUT2D eigenvalue weighted by Crippen LogP contribution is 2.32. The Morgan fingerprint density at radius 1 is 1.17 bits per heavy atom. The van der Waals surface area contributed by atoms with E-state index in [0.29, 0.717) is 6.04 Å². The number of benzene rings is 1. The van der Waals surface area contributed by atoms with Crippen LogP contribution in [0.4, 0.5) is 0 Å². The van der Waals surface area contributed by atoms with E-state index < -0.39 is 0 Å². The van der Waals surface area contributed by atoms with Crippen LogP contribution in [0.1, 0.15) is 71.9 Å². The molecule has 1 nitrogen and oxygen atoms in total. The van der Waals surface area contributed by atoms with Crippen molar-refractivity contribution in [1.82, 2.24) is 4.90 Å². The molecule has 1 heterocycles. The number of allylic oxidation sites excluding steroid dienone is 1. The maximum absolute atomic E-state index is 2.72. The van der Waals surface area contributed by atoms with Gasteiger partial charge in [0.15, 0.2) is 0 Å². The molecule has 1 fully saturated rings. The quantitative estimate of drug-likeness (QED) is 0.581. The molecule has 1 aromatic rings. The first-order valence-electron chi connectivity index (χ1n) is 9.80. The monoisotopic (exact) mass is 327 g/mol. The van der Waals surface area contributed by atoms with Gasteiger partial charge >= 0.3 is 0 Å². The van der Waals surface area contributed by atoms with Gasteiger partial charge in [-0.1, -0.05) is 63.6 Å². The van der Waals surface area contributed by atoms with E-state index in [2.05, 4.69) is 76.8 Å². The van der Waals surface area contributed by atoms with Crippen LogP contribution in [0.3, 0.4) is 0 Å². The molecule has 1 aliphatic rings. The minimum absolute atomic E-state index is 0.200. The molecule has 0 N–H and O–H groups in total. The lowest BCUT2D eigenvalue weighted by atomic mass is 9.77. The molecule has 1 heteroatoms. The number of piperidine rings is 1. The van der Waals surface area contributed by atoms with Crippen LogP contribution in [0.15, 0.2) is 35.9 Å². The predicted molar refractivity (Wildman–Crippen MR) is 107 cm³/mol. The van der Waals surface area contributed by atoms with Crippen LogP contribution in [-0.4, -0.2) is 24.0 Å². The standard InChI is InChI=1S/C23H37N/c1-7-20-8-10-21(11-9-20)23(5,6)17-22(16-18(2)3)24-14-12-19(4)13-15-24/h8-11,16,19,22H,7,12-15,17H2,1-6H3. The third-order valence-electron chi connectivity index (χ3n) is 5.68. The zero-order valence-electron chi connectivity index (χ0n) is 16.7. The number of aryl methyl sites for hydroxylation is 1. The number of hydrogen-bond donors (Lipinski definition) is 0. The summed E-state index contributed by atoms with van der Waals surface area (Å²) in [6.45, 7) is 16.4. The smallest absolute Gasteiger partial charge is 0.0288 e. The van der Waals surface area contributed by atoms with Gasteiger partial charge in [0.05, 0.1) is 0 Å². The largest absolute Gasteiger partial charge is 0.297 e. The molecule has 24 heavy (non-hydrogen) atoms. The summed E-state index contributed by atoms with van der Waals surface area (Å²) in [5.74, 6) is 0.892. The number of rotatable bonds is 6. The van der Waals surface area contributed by atoms with Gasteiger partial charge in [0.25, 0.3) is 0 Å². The van der Waals surface area contributed by atoms with Crippen LogP contribution >= 0.6 is 0 Å². The summed E-state index contributed by atoms with van der Waals surface area (Å²) in [6.07, 6.45) is 7.50. The summed E-state index contributed by atoms with van der Waals surface area (Å²) < 4.78 is 0. The number of nitrogens with zero attached hydrogens (tertiary/aromatic N) is 1. The van der Waals surface area contributed by atoms with E-state index in [1.807, 2.05) is 0 Å². The van der Waals surface area contributed by atoms with Crippen molar-refractivity contribution in [1.29, 1.82) is 0 Å². The van der Waals surface area contributed by atoms with Gasteiger partial charge in [-0.3, -0.25) is 4.90 Å². The van der Waals surface area contributed by atoms with Crippen molar-refractivity contribution in [2.75, 3.05) is 13.1 Å². The first-order valence-corrected chi connectivity index (χ1v) is 9.80. The number of likely N-dealkylation sites (tertiary alicyclic amines) is 1. The summed E-state index contributed by atoms with van der Waals surface area (Å²) in [7, 11) is 0. The van der Waals surface area contributed by atoms with Crippen LogP contribution in [0, 0.1) is 5.92 Å². The second-order valence-electron chi connectivity index (χ2n) is 8.67. The molecule has 134 valence electrons. The SMILES string of the molecule is CCc1ccc(C(C)(C)CC(C=C(C)C)N2CCC(C)CC2)cc1. The van der Waals surface area contributed by atoms with Gasteiger partial charge in [-0.05, 0) is 75.1 Å². The molecule has 1 aromatic carbocycles. The zero-order chi connectivity index (χ0) is 17.7. The van der Waals surface area contributed by atoms with Gasteiger partial charge in [0.1, 0.15) is 0 Å². The van der Waals surface area contributed by atoms with Gasteiger partial charge in [-0.25, -0.2) is 0 Å². The van der Waals surface area contributed by atoms with E-state index in [1.54, 1.807) is 0 Å². The second kappa shape index (κ2) is 8.34. The molecule has 0 radical (unpaired) electrons. The molecule has 0 aliphatic carbocycles. The Balaban J connectivity index is 2.15. The Labute approximate surface area is 150 Å². The Morgan fingerprint density at radius 2 is 1.75 bits per heavy atom. The van der Waals surface area contributed by atoms with E-state index in [1.165, 1.54) is 49.1 Å². The summed E-state index contributed by atoms with van der Waals surface area (Å²) in [6, 6.07) is 9.85. The van der Waals surface area contributed by atoms with Crippen molar-refractivity contribution in [3.05, 3.63) is 47.0 Å². The molecule has 1 aliphatic heterocycles. The highest BCUT2D eigenvalue weighted by atomic mass is 15.2. The van der Waals surface area contributed by atoms with Crippen LogP contribution in [0.2, 0.25) is 0 Å². The molecule has 0 aromatic heterocycles. The van der Waals surface area contributed by atoms with Crippen molar-refractivity contribution < 1.29 is 0 Å². The molecule has 1 unspecified atom stereocenters.